The molecule has 2 aliphatic rings. The fraction of sp³-hybridized carbons (Fsp3) is 0.556. The molecule has 1 aromatic carbocycles. The van der Waals surface area contributed by atoms with E-state index in [1.807, 2.05) is 11.0 Å². The fourth-order valence-electron chi connectivity index (χ4n) is 3.76. The maximum Gasteiger partial charge on any atom is 0.225 e. The zero-order valence-corrected chi connectivity index (χ0v) is 14.5. The lowest BCUT2D eigenvalue weighted by atomic mass is 9.88. The van der Waals surface area contributed by atoms with Crippen LogP contribution in [0.3, 0.4) is 0 Å². The Morgan fingerprint density at radius 2 is 1.88 bits per heavy atom. The van der Waals surface area contributed by atoms with Gasteiger partial charge in [0.2, 0.25) is 5.91 Å². The van der Waals surface area contributed by atoms with E-state index in [0.717, 1.165) is 48.9 Å². The monoisotopic (exact) mass is 347 g/mol. The van der Waals surface area contributed by atoms with Crippen molar-refractivity contribution in [3.05, 3.63) is 24.0 Å². The molecule has 128 valence electrons. The second-order valence-corrected chi connectivity index (χ2v) is 7.74. The number of fused-ring (bicyclic) bond motifs is 1. The van der Waals surface area contributed by atoms with Crippen molar-refractivity contribution in [1.29, 1.82) is 0 Å². The molecule has 2 fully saturated rings. The quantitative estimate of drug-likeness (QED) is 0.832. The van der Waals surface area contributed by atoms with Crippen molar-refractivity contribution in [3.63, 3.8) is 0 Å². The van der Waals surface area contributed by atoms with E-state index in [1.54, 1.807) is 6.07 Å². The molecule has 24 heavy (non-hydrogen) atoms. The molecule has 4 rings (SSSR count). The van der Waals surface area contributed by atoms with Gasteiger partial charge in [0, 0.05) is 32.1 Å². The van der Waals surface area contributed by atoms with Crippen LogP contribution in [0, 0.1) is 11.7 Å². The van der Waals surface area contributed by atoms with Crippen LogP contribution in [-0.4, -0.2) is 42.0 Å². The van der Waals surface area contributed by atoms with E-state index in [4.69, 9.17) is 0 Å². The molecule has 1 amide bonds. The molecule has 4 nitrogen and oxygen atoms in total. The molecule has 1 aliphatic heterocycles. The number of aromatic nitrogens is 1. The van der Waals surface area contributed by atoms with Gasteiger partial charge in [-0.1, -0.05) is 36.7 Å². The number of piperazine rings is 1. The highest BCUT2D eigenvalue weighted by Crippen LogP contribution is 2.31. The number of anilines is 1. The van der Waals surface area contributed by atoms with Gasteiger partial charge in [-0.05, 0) is 25.0 Å². The first-order chi connectivity index (χ1) is 11.7. The Hall–Kier alpha value is -1.69. The van der Waals surface area contributed by atoms with Gasteiger partial charge in [-0.3, -0.25) is 4.79 Å². The van der Waals surface area contributed by atoms with Crippen LogP contribution in [0.25, 0.3) is 10.2 Å². The number of benzene rings is 1. The second-order valence-electron chi connectivity index (χ2n) is 6.73. The van der Waals surface area contributed by atoms with Gasteiger partial charge in [-0.25, -0.2) is 9.37 Å². The Morgan fingerprint density at radius 1 is 1.12 bits per heavy atom. The Morgan fingerprint density at radius 3 is 2.58 bits per heavy atom. The van der Waals surface area contributed by atoms with Crippen LogP contribution in [0.5, 0.6) is 0 Å². The van der Waals surface area contributed by atoms with Crippen LogP contribution in [0.15, 0.2) is 18.2 Å². The van der Waals surface area contributed by atoms with Gasteiger partial charge >= 0.3 is 0 Å². The van der Waals surface area contributed by atoms with Gasteiger partial charge < -0.3 is 9.80 Å². The summed E-state index contributed by atoms with van der Waals surface area (Å²) in [5.74, 6) is 0.313. The summed E-state index contributed by atoms with van der Waals surface area (Å²) in [6, 6.07) is 5.08. The summed E-state index contributed by atoms with van der Waals surface area (Å²) in [6.07, 6.45) is 5.75. The molecule has 0 radical (unpaired) electrons. The second kappa shape index (κ2) is 6.67. The van der Waals surface area contributed by atoms with Crippen molar-refractivity contribution in [1.82, 2.24) is 9.88 Å². The zero-order chi connectivity index (χ0) is 16.5. The molecular formula is C18H22FN3OS. The van der Waals surface area contributed by atoms with Gasteiger partial charge in [0.05, 0.1) is 4.70 Å². The Labute approximate surface area is 145 Å². The SMILES string of the molecule is O=C(C1CCCCC1)N1CCN(c2nc3c(F)cccc3s2)CC1. The zero-order valence-electron chi connectivity index (χ0n) is 13.7. The summed E-state index contributed by atoms with van der Waals surface area (Å²) >= 11 is 1.53. The molecule has 1 aromatic heterocycles. The third kappa shape index (κ3) is 2.99. The first-order valence-corrected chi connectivity index (χ1v) is 9.63. The number of hydrogen-bond donors (Lipinski definition) is 0. The van der Waals surface area contributed by atoms with Crippen molar-refractivity contribution in [2.75, 3.05) is 31.1 Å². The Kier molecular flexibility index (Phi) is 4.39. The summed E-state index contributed by atoms with van der Waals surface area (Å²) in [4.78, 5) is 21.3. The summed E-state index contributed by atoms with van der Waals surface area (Å²) in [5, 5.41) is 0.861. The van der Waals surface area contributed by atoms with E-state index in [1.165, 1.54) is 36.7 Å². The van der Waals surface area contributed by atoms with Crippen LogP contribution in [-0.2, 0) is 4.79 Å². The van der Waals surface area contributed by atoms with E-state index >= 15 is 0 Å². The first kappa shape index (κ1) is 15.8. The van der Waals surface area contributed by atoms with Gasteiger partial charge in [0.1, 0.15) is 11.3 Å². The minimum absolute atomic E-state index is 0.238. The highest BCUT2D eigenvalue weighted by Gasteiger charge is 2.29. The Bertz CT molecular complexity index is 733. The molecule has 1 saturated carbocycles. The predicted octanol–water partition coefficient (Wildman–Crippen LogP) is 3.66. The number of carbonyl (C=O) groups is 1. The molecule has 6 heteroatoms. The summed E-state index contributed by atoms with van der Waals surface area (Å²) < 4.78 is 14.7. The maximum absolute atomic E-state index is 13.8. The van der Waals surface area contributed by atoms with Crippen molar-refractivity contribution in [2.45, 2.75) is 32.1 Å². The third-order valence-corrected chi connectivity index (χ3v) is 6.26. The number of rotatable bonds is 2. The first-order valence-electron chi connectivity index (χ1n) is 8.81. The molecule has 0 atom stereocenters. The molecular weight excluding hydrogens is 325 g/mol. The Balaban J connectivity index is 1.41. The lowest BCUT2D eigenvalue weighted by molar-refractivity contribution is -0.136. The normalized spacial score (nSPS) is 19.9. The highest BCUT2D eigenvalue weighted by atomic mass is 32.1. The van der Waals surface area contributed by atoms with Crippen molar-refractivity contribution < 1.29 is 9.18 Å². The van der Waals surface area contributed by atoms with E-state index in [2.05, 4.69) is 9.88 Å². The number of nitrogens with zero attached hydrogens (tertiary/aromatic N) is 3. The van der Waals surface area contributed by atoms with Crippen LogP contribution in [0.2, 0.25) is 0 Å². The van der Waals surface area contributed by atoms with Crippen LogP contribution >= 0.6 is 11.3 Å². The lowest BCUT2D eigenvalue weighted by Crippen LogP contribution is -2.50. The van der Waals surface area contributed by atoms with Gasteiger partial charge in [-0.15, -0.1) is 0 Å². The molecule has 2 aromatic rings. The molecule has 0 bridgehead atoms. The van der Waals surface area contributed by atoms with Crippen molar-refractivity contribution >= 4 is 32.6 Å². The third-order valence-electron chi connectivity index (χ3n) is 5.17. The smallest absolute Gasteiger partial charge is 0.225 e. The van der Waals surface area contributed by atoms with Gasteiger partial charge in [0.15, 0.2) is 5.13 Å². The number of para-hydroxylation sites is 1. The van der Waals surface area contributed by atoms with Crippen molar-refractivity contribution in [3.8, 4) is 0 Å². The molecule has 1 saturated heterocycles. The topological polar surface area (TPSA) is 36.4 Å². The van der Waals surface area contributed by atoms with Crippen molar-refractivity contribution in [2.24, 2.45) is 5.92 Å². The number of amides is 1. The standard InChI is InChI=1S/C18H22FN3OS/c19-14-7-4-8-15-16(14)20-18(24-15)22-11-9-21(10-12-22)17(23)13-5-2-1-3-6-13/h4,7-8,13H,1-3,5-6,9-12H2. The molecule has 0 N–H and O–H groups in total. The molecule has 0 unspecified atom stereocenters. The number of carbonyl (C=O) groups excluding carboxylic acids is 1. The fourth-order valence-corrected chi connectivity index (χ4v) is 4.80. The number of hydrogen-bond acceptors (Lipinski definition) is 4. The van der Waals surface area contributed by atoms with E-state index in [9.17, 15) is 9.18 Å². The summed E-state index contributed by atoms with van der Waals surface area (Å²) in [5.41, 5.74) is 0.457. The average molecular weight is 347 g/mol. The molecule has 2 heterocycles. The van der Waals surface area contributed by atoms with Crippen LogP contribution in [0.4, 0.5) is 9.52 Å². The maximum atomic E-state index is 13.8. The lowest BCUT2D eigenvalue weighted by Gasteiger charge is -2.37. The summed E-state index contributed by atoms with van der Waals surface area (Å²) in [7, 11) is 0. The largest absolute Gasteiger partial charge is 0.345 e. The van der Waals surface area contributed by atoms with E-state index in [-0.39, 0.29) is 11.7 Å². The highest BCUT2D eigenvalue weighted by molar-refractivity contribution is 7.22. The number of thiazole rings is 1. The molecule has 1 aliphatic carbocycles. The van der Waals surface area contributed by atoms with E-state index < -0.39 is 0 Å². The average Bonchev–Trinajstić information content (AvgIpc) is 3.08. The minimum Gasteiger partial charge on any atom is -0.345 e. The summed E-state index contributed by atoms with van der Waals surface area (Å²) in [6.45, 7) is 3.04. The molecule has 0 spiro atoms. The van der Waals surface area contributed by atoms with Gasteiger partial charge in [-0.2, -0.15) is 0 Å². The van der Waals surface area contributed by atoms with Crippen LogP contribution < -0.4 is 4.90 Å². The van der Waals surface area contributed by atoms with Gasteiger partial charge in [0.25, 0.3) is 0 Å². The predicted molar refractivity (Wildman–Crippen MR) is 94.9 cm³/mol. The number of halogens is 1. The van der Waals surface area contributed by atoms with E-state index in [0.29, 0.717) is 11.4 Å². The minimum atomic E-state index is -0.263. The van der Waals surface area contributed by atoms with Crippen LogP contribution in [0.1, 0.15) is 32.1 Å².